The standard InChI is InChI=1S/C19H20FN5O2/c1-2-12-11-15(22-21-12)19(26)25-10-6-5-9-16(25)18-24-23-17(27-18)13-7-3-4-8-14(13)20/h3-4,7-8,11,16H,2,5-6,9-10H2,1H3,(H,21,22). The van der Waals surface area contributed by atoms with Crippen LogP contribution in [-0.4, -0.2) is 37.7 Å². The smallest absolute Gasteiger partial charge is 0.275 e. The van der Waals surface area contributed by atoms with Gasteiger partial charge in [-0.3, -0.25) is 9.89 Å². The average molecular weight is 369 g/mol. The van der Waals surface area contributed by atoms with Crippen molar-refractivity contribution in [1.82, 2.24) is 25.3 Å². The third-order valence-electron chi connectivity index (χ3n) is 4.82. The summed E-state index contributed by atoms with van der Waals surface area (Å²) in [6.07, 6.45) is 3.35. The van der Waals surface area contributed by atoms with Crippen LogP contribution in [0.4, 0.5) is 4.39 Å². The van der Waals surface area contributed by atoms with E-state index in [2.05, 4.69) is 20.4 Å². The van der Waals surface area contributed by atoms with Crippen molar-refractivity contribution < 1.29 is 13.6 Å². The highest BCUT2D eigenvalue weighted by molar-refractivity contribution is 5.92. The predicted octanol–water partition coefficient (Wildman–Crippen LogP) is 3.53. The molecule has 140 valence electrons. The molecule has 1 atom stereocenters. The zero-order valence-electron chi connectivity index (χ0n) is 15.0. The Balaban J connectivity index is 1.61. The number of carbonyl (C=O) groups is 1. The minimum Gasteiger partial charge on any atom is -0.418 e. The van der Waals surface area contributed by atoms with Gasteiger partial charge in [0.15, 0.2) is 0 Å². The van der Waals surface area contributed by atoms with Gasteiger partial charge in [0.2, 0.25) is 5.89 Å². The number of hydrogen-bond acceptors (Lipinski definition) is 5. The van der Waals surface area contributed by atoms with Crippen LogP contribution in [0, 0.1) is 5.82 Å². The van der Waals surface area contributed by atoms with Gasteiger partial charge in [-0.25, -0.2) is 4.39 Å². The molecular weight excluding hydrogens is 349 g/mol. The molecule has 0 saturated carbocycles. The lowest BCUT2D eigenvalue weighted by molar-refractivity contribution is 0.0566. The fourth-order valence-corrected chi connectivity index (χ4v) is 3.34. The van der Waals surface area contributed by atoms with Gasteiger partial charge >= 0.3 is 0 Å². The summed E-state index contributed by atoms with van der Waals surface area (Å²) >= 11 is 0. The highest BCUT2D eigenvalue weighted by Crippen LogP contribution is 2.33. The minimum atomic E-state index is -0.423. The lowest BCUT2D eigenvalue weighted by atomic mass is 10.0. The summed E-state index contributed by atoms with van der Waals surface area (Å²) in [5, 5.41) is 15.1. The van der Waals surface area contributed by atoms with Gasteiger partial charge in [-0.15, -0.1) is 10.2 Å². The summed E-state index contributed by atoms with van der Waals surface area (Å²) in [6.45, 7) is 2.59. The monoisotopic (exact) mass is 369 g/mol. The number of aryl methyl sites for hydroxylation is 1. The van der Waals surface area contributed by atoms with Gasteiger partial charge in [-0.2, -0.15) is 5.10 Å². The Morgan fingerprint density at radius 2 is 2.19 bits per heavy atom. The molecule has 1 aliphatic rings. The lowest BCUT2D eigenvalue weighted by Gasteiger charge is -2.32. The first-order valence-electron chi connectivity index (χ1n) is 9.11. The van der Waals surface area contributed by atoms with Crippen LogP contribution in [0.25, 0.3) is 11.5 Å². The van der Waals surface area contributed by atoms with Crippen LogP contribution in [0.2, 0.25) is 0 Å². The number of nitrogens with one attached hydrogen (secondary N) is 1. The number of nitrogens with zero attached hydrogens (tertiary/aromatic N) is 4. The number of benzene rings is 1. The second-order valence-corrected chi connectivity index (χ2v) is 6.57. The molecule has 0 spiro atoms. The highest BCUT2D eigenvalue weighted by Gasteiger charge is 2.33. The number of carbonyl (C=O) groups excluding carboxylic acids is 1. The van der Waals surface area contributed by atoms with E-state index in [9.17, 15) is 9.18 Å². The number of amides is 1. The van der Waals surface area contributed by atoms with Crippen LogP contribution in [0.15, 0.2) is 34.7 Å². The summed E-state index contributed by atoms with van der Waals surface area (Å²) in [5.41, 5.74) is 1.55. The van der Waals surface area contributed by atoms with E-state index in [-0.39, 0.29) is 23.4 Å². The summed E-state index contributed by atoms with van der Waals surface area (Å²) in [7, 11) is 0. The molecule has 1 fully saturated rings. The van der Waals surface area contributed by atoms with Crippen LogP contribution < -0.4 is 0 Å². The summed E-state index contributed by atoms with van der Waals surface area (Å²) in [6, 6.07) is 7.69. The largest absolute Gasteiger partial charge is 0.418 e. The Morgan fingerprint density at radius 1 is 1.33 bits per heavy atom. The van der Waals surface area contributed by atoms with Gasteiger partial charge in [-0.1, -0.05) is 19.1 Å². The SMILES string of the molecule is CCc1cc(C(=O)N2CCCCC2c2nnc(-c3ccccc3F)o2)n[nH]1. The number of aromatic nitrogens is 4. The third-order valence-corrected chi connectivity index (χ3v) is 4.82. The first-order chi connectivity index (χ1) is 13.2. The molecule has 1 aliphatic heterocycles. The third kappa shape index (κ3) is 3.34. The molecule has 1 saturated heterocycles. The van der Waals surface area contributed by atoms with Gasteiger partial charge < -0.3 is 9.32 Å². The van der Waals surface area contributed by atoms with Crippen molar-refractivity contribution >= 4 is 5.91 Å². The topological polar surface area (TPSA) is 87.9 Å². The maximum atomic E-state index is 14.0. The molecule has 3 aromatic rings. The maximum Gasteiger partial charge on any atom is 0.275 e. The van der Waals surface area contributed by atoms with Gasteiger partial charge in [0.1, 0.15) is 17.6 Å². The second-order valence-electron chi connectivity index (χ2n) is 6.57. The number of likely N-dealkylation sites (tertiary alicyclic amines) is 1. The van der Waals surface area contributed by atoms with E-state index in [1.807, 2.05) is 6.92 Å². The molecule has 2 aromatic heterocycles. The number of aromatic amines is 1. The zero-order valence-corrected chi connectivity index (χ0v) is 15.0. The van der Waals surface area contributed by atoms with E-state index in [1.54, 1.807) is 29.2 Å². The van der Waals surface area contributed by atoms with E-state index in [0.29, 0.717) is 18.1 Å². The van der Waals surface area contributed by atoms with Crippen molar-refractivity contribution in [3.05, 3.63) is 53.4 Å². The molecule has 1 amide bonds. The normalized spacial score (nSPS) is 17.3. The van der Waals surface area contributed by atoms with E-state index in [1.165, 1.54) is 6.07 Å². The number of H-pyrrole nitrogens is 1. The number of rotatable bonds is 4. The van der Waals surface area contributed by atoms with Crippen molar-refractivity contribution in [3.8, 4) is 11.5 Å². The Labute approximate surface area is 155 Å². The Kier molecular flexibility index (Phi) is 4.70. The number of halogens is 1. The fourth-order valence-electron chi connectivity index (χ4n) is 3.34. The quantitative estimate of drug-likeness (QED) is 0.760. The lowest BCUT2D eigenvalue weighted by Crippen LogP contribution is -2.38. The summed E-state index contributed by atoms with van der Waals surface area (Å²) < 4.78 is 19.7. The molecule has 1 aromatic carbocycles. The van der Waals surface area contributed by atoms with Crippen molar-refractivity contribution in [3.63, 3.8) is 0 Å². The van der Waals surface area contributed by atoms with Gasteiger partial charge in [-0.05, 0) is 43.9 Å². The van der Waals surface area contributed by atoms with Crippen molar-refractivity contribution in [2.75, 3.05) is 6.54 Å². The molecular formula is C19H20FN5O2. The molecule has 27 heavy (non-hydrogen) atoms. The molecule has 0 bridgehead atoms. The van der Waals surface area contributed by atoms with Crippen LogP contribution in [0.5, 0.6) is 0 Å². The minimum absolute atomic E-state index is 0.120. The Hall–Kier alpha value is -3.03. The molecule has 8 heteroatoms. The Morgan fingerprint density at radius 3 is 2.96 bits per heavy atom. The molecule has 1 N–H and O–H groups in total. The summed E-state index contributed by atoms with van der Waals surface area (Å²) in [5.74, 6) is -0.143. The molecule has 0 radical (unpaired) electrons. The van der Waals surface area contributed by atoms with E-state index in [0.717, 1.165) is 31.4 Å². The molecule has 1 unspecified atom stereocenters. The van der Waals surface area contributed by atoms with Crippen molar-refractivity contribution in [2.45, 2.75) is 38.6 Å². The maximum absolute atomic E-state index is 14.0. The highest BCUT2D eigenvalue weighted by atomic mass is 19.1. The zero-order chi connectivity index (χ0) is 18.8. The first-order valence-corrected chi connectivity index (χ1v) is 9.11. The predicted molar refractivity (Wildman–Crippen MR) is 95.3 cm³/mol. The van der Waals surface area contributed by atoms with Gasteiger partial charge in [0, 0.05) is 12.2 Å². The number of hydrogen-bond donors (Lipinski definition) is 1. The number of piperidine rings is 1. The van der Waals surface area contributed by atoms with E-state index < -0.39 is 5.82 Å². The van der Waals surface area contributed by atoms with E-state index >= 15 is 0 Å². The first kappa shape index (κ1) is 17.4. The van der Waals surface area contributed by atoms with Crippen LogP contribution in [0.1, 0.15) is 54.3 Å². The van der Waals surface area contributed by atoms with Crippen LogP contribution in [-0.2, 0) is 6.42 Å². The molecule has 4 rings (SSSR count). The average Bonchev–Trinajstić information content (AvgIpc) is 3.37. The summed E-state index contributed by atoms with van der Waals surface area (Å²) in [4.78, 5) is 14.7. The van der Waals surface area contributed by atoms with Gasteiger partial charge in [0.25, 0.3) is 11.8 Å². The van der Waals surface area contributed by atoms with Crippen molar-refractivity contribution in [1.29, 1.82) is 0 Å². The van der Waals surface area contributed by atoms with Crippen LogP contribution in [0.3, 0.4) is 0 Å². The Bertz CT molecular complexity index is 951. The fraction of sp³-hybridized carbons (Fsp3) is 0.368. The molecule has 0 aliphatic carbocycles. The van der Waals surface area contributed by atoms with Crippen molar-refractivity contribution in [2.24, 2.45) is 0 Å². The molecule has 3 heterocycles. The van der Waals surface area contributed by atoms with E-state index in [4.69, 9.17) is 4.42 Å². The molecule has 7 nitrogen and oxygen atoms in total. The second kappa shape index (κ2) is 7.30. The van der Waals surface area contributed by atoms with Crippen LogP contribution >= 0.6 is 0 Å². The van der Waals surface area contributed by atoms with Gasteiger partial charge in [0.05, 0.1) is 5.56 Å².